The van der Waals surface area contributed by atoms with Gasteiger partial charge in [-0.05, 0) is 30.0 Å². The standard InChI is InChI=1S/C16H21N3O2S/c1-4-12-6-5-7-13(9-12)21-10-14(20)17-16-19-18-15(22-16)8-11(2)3/h5-7,9,11H,4,8,10H2,1-3H3,(H,17,19,20). The lowest BCUT2D eigenvalue weighted by atomic mass is 10.1. The highest BCUT2D eigenvalue weighted by Gasteiger charge is 2.10. The van der Waals surface area contributed by atoms with Gasteiger partial charge in [0.25, 0.3) is 5.91 Å². The fourth-order valence-electron chi connectivity index (χ4n) is 1.90. The molecule has 5 nitrogen and oxygen atoms in total. The van der Waals surface area contributed by atoms with E-state index in [1.165, 1.54) is 16.9 Å². The predicted molar refractivity (Wildman–Crippen MR) is 88.4 cm³/mol. The van der Waals surface area contributed by atoms with E-state index in [4.69, 9.17) is 4.74 Å². The third-order valence-electron chi connectivity index (χ3n) is 2.97. The molecule has 6 heteroatoms. The molecule has 0 aliphatic carbocycles. The first-order valence-electron chi connectivity index (χ1n) is 7.40. The summed E-state index contributed by atoms with van der Waals surface area (Å²) in [6, 6.07) is 7.75. The normalized spacial score (nSPS) is 10.7. The van der Waals surface area contributed by atoms with Crippen LogP contribution >= 0.6 is 11.3 Å². The van der Waals surface area contributed by atoms with E-state index in [0.29, 0.717) is 16.8 Å². The molecule has 1 N–H and O–H groups in total. The number of aryl methyl sites for hydroxylation is 1. The second kappa shape index (κ2) is 7.89. The zero-order valence-electron chi connectivity index (χ0n) is 13.1. The van der Waals surface area contributed by atoms with E-state index in [1.54, 1.807) is 0 Å². The van der Waals surface area contributed by atoms with Crippen LogP contribution in [0.15, 0.2) is 24.3 Å². The summed E-state index contributed by atoms with van der Waals surface area (Å²) < 4.78 is 5.50. The second-order valence-electron chi connectivity index (χ2n) is 5.44. The number of anilines is 1. The van der Waals surface area contributed by atoms with Gasteiger partial charge in [-0.15, -0.1) is 10.2 Å². The molecule has 0 saturated heterocycles. The molecular weight excluding hydrogens is 298 g/mol. The first kappa shape index (κ1) is 16.4. The number of ether oxygens (including phenoxy) is 1. The van der Waals surface area contributed by atoms with Gasteiger partial charge in [0, 0.05) is 6.42 Å². The monoisotopic (exact) mass is 319 g/mol. The van der Waals surface area contributed by atoms with Crippen LogP contribution in [-0.4, -0.2) is 22.7 Å². The number of hydrogen-bond acceptors (Lipinski definition) is 5. The zero-order valence-corrected chi connectivity index (χ0v) is 13.9. The lowest BCUT2D eigenvalue weighted by Crippen LogP contribution is -2.20. The maximum Gasteiger partial charge on any atom is 0.264 e. The van der Waals surface area contributed by atoms with Crippen LogP contribution in [0.4, 0.5) is 5.13 Å². The van der Waals surface area contributed by atoms with Gasteiger partial charge < -0.3 is 4.74 Å². The Morgan fingerprint density at radius 2 is 2.18 bits per heavy atom. The number of nitrogens with zero attached hydrogens (tertiary/aromatic N) is 2. The number of aromatic nitrogens is 2. The average Bonchev–Trinajstić information content (AvgIpc) is 2.91. The first-order chi connectivity index (χ1) is 10.6. The molecule has 0 aliphatic heterocycles. The number of amides is 1. The Hall–Kier alpha value is -1.95. The SMILES string of the molecule is CCc1cccc(OCC(=O)Nc2nnc(CC(C)C)s2)c1. The van der Waals surface area contributed by atoms with Gasteiger partial charge in [-0.1, -0.05) is 44.2 Å². The Morgan fingerprint density at radius 3 is 2.91 bits per heavy atom. The molecule has 1 heterocycles. The van der Waals surface area contributed by atoms with Crippen LogP contribution in [0.5, 0.6) is 5.75 Å². The third kappa shape index (κ3) is 5.11. The summed E-state index contributed by atoms with van der Waals surface area (Å²) >= 11 is 1.41. The smallest absolute Gasteiger partial charge is 0.264 e. The van der Waals surface area contributed by atoms with E-state index in [9.17, 15) is 4.79 Å². The van der Waals surface area contributed by atoms with Crippen molar-refractivity contribution >= 4 is 22.4 Å². The highest BCUT2D eigenvalue weighted by molar-refractivity contribution is 7.15. The minimum absolute atomic E-state index is 0.0355. The number of benzene rings is 1. The maximum atomic E-state index is 11.9. The van der Waals surface area contributed by atoms with E-state index in [-0.39, 0.29) is 12.5 Å². The molecule has 0 fully saturated rings. The maximum absolute atomic E-state index is 11.9. The molecule has 1 aromatic heterocycles. The van der Waals surface area contributed by atoms with Crippen molar-refractivity contribution in [3.05, 3.63) is 34.8 Å². The van der Waals surface area contributed by atoms with Gasteiger partial charge in [-0.25, -0.2) is 0 Å². The Labute approximate surface area is 134 Å². The van der Waals surface area contributed by atoms with Gasteiger partial charge in [0.05, 0.1) is 0 Å². The van der Waals surface area contributed by atoms with Crippen LogP contribution in [0.3, 0.4) is 0 Å². The average molecular weight is 319 g/mol. The molecule has 0 bridgehead atoms. The van der Waals surface area contributed by atoms with Gasteiger partial charge in [0.1, 0.15) is 10.8 Å². The van der Waals surface area contributed by atoms with Crippen molar-refractivity contribution in [1.29, 1.82) is 0 Å². The Kier molecular flexibility index (Phi) is 5.89. The molecular formula is C16H21N3O2S. The Morgan fingerprint density at radius 1 is 1.36 bits per heavy atom. The van der Waals surface area contributed by atoms with Crippen LogP contribution in [0.25, 0.3) is 0 Å². The lowest BCUT2D eigenvalue weighted by molar-refractivity contribution is -0.118. The molecule has 0 spiro atoms. The van der Waals surface area contributed by atoms with Crippen LogP contribution in [0.2, 0.25) is 0 Å². The summed E-state index contributed by atoms with van der Waals surface area (Å²) in [5, 5.41) is 12.2. The molecule has 0 radical (unpaired) electrons. The largest absolute Gasteiger partial charge is 0.484 e. The number of carbonyl (C=O) groups is 1. The number of nitrogens with one attached hydrogen (secondary N) is 1. The summed E-state index contributed by atoms with van der Waals surface area (Å²) in [5.41, 5.74) is 1.18. The molecule has 2 rings (SSSR count). The van der Waals surface area contributed by atoms with Crippen LogP contribution < -0.4 is 10.1 Å². The van der Waals surface area contributed by atoms with Crippen molar-refractivity contribution < 1.29 is 9.53 Å². The highest BCUT2D eigenvalue weighted by Crippen LogP contribution is 2.18. The lowest BCUT2D eigenvalue weighted by Gasteiger charge is -2.06. The summed E-state index contributed by atoms with van der Waals surface area (Å²) in [5.74, 6) is 0.993. The molecule has 1 aromatic carbocycles. The van der Waals surface area contributed by atoms with Crippen molar-refractivity contribution in [1.82, 2.24) is 10.2 Å². The minimum atomic E-state index is -0.228. The van der Waals surface area contributed by atoms with Gasteiger partial charge in [-0.2, -0.15) is 0 Å². The summed E-state index contributed by atoms with van der Waals surface area (Å²) in [6.07, 6.45) is 1.81. The van der Waals surface area contributed by atoms with Gasteiger partial charge >= 0.3 is 0 Å². The third-order valence-corrected chi connectivity index (χ3v) is 3.83. The number of rotatable bonds is 7. The van der Waals surface area contributed by atoms with E-state index in [1.807, 2.05) is 24.3 Å². The molecule has 0 saturated carbocycles. The van der Waals surface area contributed by atoms with Gasteiger partial charge in [-0.3, -0.25) is 10.1 Å². The van der Waals surface area contributed by atoms with Crippen molar-refractivity contribution in [2.24, 2.45) is 5.92 Å². The summed E-state index contributed by atoms with van der Waals surface area (Å²) in [4.78, 5) is 11.9. The van der Waals surface area contributed by atoms with Gasteiger partial charge in [0.2, 0.25) is 5.13 Å². The fourth-order valence-corrected chi connectivity index (χ4v) is 2.86. The Balaban J connectivity index is 1.83. The van der Waals surface area contributed by atoms with Crippen LogP contribution in [-0.2, 0) is 17.6 Å². The molecule has 22 heavy (non-hydrogen) atoms. The van der Waals surface area contributed by atoms with Crippen molar-refractivity contribution in [2.75, 3.05) is 11.9 Å². The molecule has 1 amide bonds. The summed E-state index contributed by atoms with van der Waals surface area (Å²) in [7, 11) is 0. The van der Waals surface area contributed by atoms with E-state index in [0.717, 1.165) is 17.8 Å². The van der Waals surface area contributed by atoms with Gasteiger partial charge in [0.15, 0.2) is 6.61 Å². The molecule has 2 aromatic rings. The highest BCUT2D eigenvalue weighted by atomic mass is 32.1. The molecule has 0 unspecified atom stereocenters. The van der Waals surface area contributed by atoms with E-state index in [2.05, 4.69) is 36.3 Å². The minimum Gasteiger partial charge on any atom is -0.484 e. The van der Waals surface area contributed by atoms with E-state index >= 15 is 0 Å². The van der Waals surface area contributed by atoms with Crippen molar-refractivity contribution in [2.45, 2.75) is 33.6 Å². The predicted octanol–water partition coefficient (Wildman–Crippen LogP) is 3.32. The second-order valence-corrected chi connectivity index (χ2v) is 6.50. The Bertz CT molecular complexity index is 625. The summed E-state index contributed by atoms with van der Waals surface area (Å²) in [6.45, 7) is 6.29. The molecule has 118 valence electrons. The topological polar surface area (TPSA) is 64.1 Å². The number of carbonyl (C=O) groups excluding carboxylic acids is 1. The van der Waals surface area contributed by atoms with Crippen molar-refractivity contribution in [3.8, 4) is 5.75 Å². The number of hydrogen-bond donors (Lipinski definition) is 1. The molecule has 0 aliphatic rings. The zero-order chi connectivity index (χ0) is 15.9. The van der Waals surface area contributed by atoms with E-state index < -0.39 is 0 Å². The van der Waals surface area contributed by atoms with Crippen LogP contribution in [0, 0.1) is 5.92 Å². The van der Waals surface area contributed by atoms with Crippen molar-refractivity contribution in [3.63, 3.8) is 0 Å². The molecule has 0 atom stereocenters. The fraction of sp³-hybridized carbons (Fsp3) is 0.438. The quantitative estimate of drug-likeness (QED) is 0.850. The van der Waals surface area contributed by atoms with Crippen LogP contribution in [0.1, 0.15) is 31.3 Å². The first-order valence-corrected chi connectivity index (χ1v) is 8.22.